The summed E-state index contributed by atoms with van der Waals surface area (Å²) in [5, 5.41) is 3.17. The van der Waals surface area contributed by atoms with Crippen LogP contribution in [-0.2, 0) is 6.54 Å². The third kappa shape index (κ3) is 4.89. The Morgan fingerprint density at radius 3 is 2.78 bits per heavy atom. The molecular weight excluding hydrogens is 255 g/mol. The van der Waals surface area contributed by atoms with Crippen LogP contribution in [-0.4, -0.2) is 12.5 Å². The van der Waals surface area contributed by atoms with Crippen LogP contribution in [0.25, 0.3) is 0 Å². The van der Waals surface area contributed by atoms with E-state index in [1.807, 2.05) is 0 Å². The monoisotopic (exact) mass is 272 g/mol. The van der Waals surface area contributed by atoms with Gasteiger partial charge in [-0.15, -0.1) is 0 Å². The Hall–Kier alpha value is -1.33. The summed E-state index contributed by atoms with van der Waals surface area (Å²) in [6.45, 7) is 5.32. The molecule has 0 heterocycles. The summed E-state index contributed by atoms with van der Waals surface area (Å²) in [7, 11) is 0. The molecule has 1 rings (SSSR count). The Balaban J connectivity index is 2.61. The molecule has 18 heavy (non-hydrogen) atoms. The average Bonchev–Trinajstić information content (AvgIpc) is 2.33. The van der Waals surface area contributed by atoms with Gasteiger partial charge in [0.2, 0.25) is 5.96 Å². The minimum absolute atomic E-state index is 0.0973. The molecule has 0 atom stereocenters. The third-order valence-corrected chi connectivity index (χ3v) is 2.51. The third-order valence-electron chi connectivity index (χ3n) is 2.22. The molecule has 0 aliphatic rings. The van der Waals surface area contributed by atoms with E-state index >= 15 is 0 Å². The number of halogens is 2. The Labute approximate surface area is 111 Å². The Kier molecular flexibility index (Phi) is 5.88. The quantitative estimate of drug-likeness (QED) is 0.340. The molecule has 1 aromatic carbocycles. The van der Waals surface area contributed by atoms with Crippen molar-refractivity contribution in [1.29, 1.82) is 0 Å². The van der Waals surface area contributed by atoms with Crippen LogP contribution in [0.1, 0.15) is 19.4 Å². The number of nitrogens with two attached hydrogens (primary N) is 1. The van der Waals surface area contributed by atoms with Crippen molar-refractivity contribution in [3.63, 3.8) is 0 Å². The van der Waals surface area contributed by atoms with Crippen LogP contribution < -0.4 is 16.6 Å². The molecule has 0 aromatic heterocycles. The lowest BCUT2D eigenvalue weighted by Gasteiger charge is -2.11. The highest BCUT2D eigenvalue weighted by atomic mass is 35.5. The number of nitrogens with zero attached hydrogens (tertiary/aromatic N) is 1. The molecule has 0 aliphatic heterocycles. The molecule has 0 saturated heterocycles. The lowest BCUT2D eigenvalue weighted by Crippen LogP contribution is -2.42. The van der Waals surface area contributed by atoms with Gasteiger partial charge in [0, 0.05) is 6.54 Å². The van der Waals surface area contributed by atoms with Crippen LogP contribution in [0.15, 0.2) is 23.2 Å². The zero-order valence-corrected chi connectivity index (χ0v) is 11.3. The first kappa shape index (κ1) is 14.7. The van der Waals surface area contributed by atoms with Crippen LogP contribution in [0.2, 0.25) is 5.02 Å². The summed E-state index contributed by atoms with van der Waals surface area (Å²) < 4.78 is 13.0. The first-order valence-electron chi connectivity index (χ1n) is 5.71. The molecule has 4 nitrogen and oxygen atoms in total. The molecule has 0 unspecified atom stereocenters. The number of guanidine groups is 1. The van der Waals surface area contributed by atoms with E-state index in [1.165, 1.54) is 6.07 Å². The van der Waals surface area contributed by atoms with E-state index in [2.05, 4.69) is 29.6 Å². The molecule has 0 fully saturated rings. The second kappa shape index (κ2) is 7.18. The van der Waals surface area contributed by atoms with Crippen LogP contribution in [0, 0.1) is 11.7 Å². The molecule has 0 aliphatic carbocycles. The number of rotatable bonds is 4. The van der Waals surface area contributed by atoms with Gasteiger partial charge in [-0.05, 0) is 23.6 Å². The SMILES string of the molecule is CC(C)CNC(=NCc1ccc(F)c(Cl)c1)NN. The fourth-order valence-electron chi connectivity index (χ4n) is 1.26. The van der Waals surface area contributed by atoms with E-state index < -0.39 is 5.82 Å². The van der Waals surface area contributed by atoms with Crippen LogP contribution in [0.4, 0.5) is 4.39 Å². The average molecular weight is 273 g/mol. The zero-order chi connectivity index (χ0) is 13.5. The van der Waals surface area contributed by atoms with Crippen LogP contribution in [0.3, 0.4) is 0 Å². The Morgan fingerprint density at radius 2 is 2.22 bits per heavy atom. The van der Waals surface area contributed by atoms with E-state index in [0.717, 1.165) is 12.1 Å². The number of nitrogens with one attached hydrogen (secondary N) is 2. The molecule has 0 saturated carbocycles. The maximum absolute atomic E-state index is 13.0. The summed E-state index contributed by atoms with van der Waals surface area (Å²) in [5.74, 6) is 5.91. The largest absolute Gasteiger partial charge is 0.355 e. The first-order chi connectivity index (χ1) is 8.52. The van der Waals surface area contributed by atoms with Crippen molar-refractivity contribution >= 4 is 17.6 Å². The van der Waals surface area contributed by atoms with Gasteiger partial charge >= 0.3 is 0 Å². The number of hydrogen-bond donors (Lipinski definition) is 3. The van der Waals surface area contributed by atoms with Crippen molar-refractivity contribution in [2.75, 3.05) is 6.54 Å². The predicted octanol–water partition coefficient (Wildman–Crippen LogP) is 2.04. The second-order valence-electron chi connectivity index (χ2n) is 4.33. The summed E-state index contributed by atoms with van der Waals surface area (Å²) >= 11 is 5.69. The smallest absolute Gasteiger partial charge is 0.206 e. The fourth-order valence-corrected chi connectivity index (χ4v) is 1.46. The molecular formula is C12H18ClFN4. The van der Waals surface area contributed by atoms with Crippen molar-refractivity contribution < 1.29 is 4.39 Å². The first-order valence-corrected chi connectivity index (χ1v) is 6.09. The molecule has 0 amide bonds. The highest BCUT2D eigenvalue weighted by molar-refractivity contribution is 6.30. The van der Waals surface area contributed by atoms with E-state index in [-0.39, 0.29) is 5.02 Å². The Bertz CT molecular complexity index is 421. The van der Waals surface area contributed by atoms with Gasteiger partial charge in [-0.1, -0.05) is 31.5 Å². The van der Waals surface area contributed by atoms with Gasteiger partial charge in [-0.3, -0.25) is 5.43 Å². The predicted molar refractivity (Wildman–Crippen MR) is 72.7 cm³/mol. The molecule has 4 N–H and O–H groups in total. The minimum atomic E-state index is -0.431. The van der Waals surface area contributed by atoms with Gasteiger partial charge in [0.05, 0.1) is 11.6 Å². The van der Waals surface area contributed by atoms with E-state index in [1.54, 1.807) is 12.1 Å². The zero-order valence-electron chi connectivity index (χ0n) is 10.5. The van der Waals surface area contributed by atoms with Crippen LogP contribution >= 0.6 is 11.6 Å². The van der Waals surface area contributed by atoms with Crippen molar-refractivity contribution in [2.45, 2.75) is 20.4 Å². The number of hydrogen-bond acceptors (Lipinski definition) is 2. The van der Waals surface area contributed by atoms with Crippen molar-refractivity contribution in [3.8, 4) is 0 Å². The summed E-state index contributed by atoms with van der Waals surface area (Å²) in [5.41, 5.74) is 3.31. The lowest BCUT2D eigenvalue weighted by molar-refractivity contribution is 0.615. The maximum atomic E-state index is 13.0. The summed E-state index contributed by atoms with van der Waals surface area (Å²) in [4.78, 5) is 4.24. The van der Waals surface area contributed by atoms with Gasteiger partial charge in [-0.2, -0.15) is 0 Å². The van der Waals surface area contributed by atoms with E-state index in [9.17, 15) is 4.39 Å². The van der Waals surface area contributed by atoms with Crippen molar-refractivity contribution in [2.24, 2.45) is 16.8 Å². The lowest BCUT2D eigenvalue weighted by atomic mass is 10.2. The van der Waals surface area contributed by atoms with E-state index in [0.29, 0.717) is 18.4 Å². The molecule has 0 radical (unpaired) electrons. The van der Waals surface area contributed by atoms with Crippen LogP contribution in [0.5, 0.6) is 0 Å². The molecule has 6 heteroatoms. The van der Waals surface area contributed by atoms with Gasteiger partial charge in [0.25, 0.3) is 0 Å². The van der Waals surface area contributed by atoms with Gasteiger partial charge in [-0.25, -0.2) is 15.2 Å². The van der Waals surface area contributed by atoms with E-state index in [4.69, 9.17) is 17.4 Å². The molecule has 100 valence electrons. The molecule has 0 bridgehead atoms. The molecule has 0 spiro atoms. The normalized spacial score (nSPS) is 11.8. The Morgan fingerprint density at radius 1 is 1.50 bits per heavy atom. The number of benzene rings is 1. The highest BCUT2D eigenvalue weighted by Crippen LogP contribution is 2.16. The van der Waals surface area contributed by atoms with Gasteiger partial charge in [0.15, 0.2) is 0 Å². The summed E-state index contributed by atoms with van der Waals surface area (Å²) in [6.07, 6.45) is 0. The highest BCUT2D eigenvalue weighted by Gasteiger charge is 2.01. The second-order valence-corrected chi connectivity index (χ2v) is 4.74. The maximum Gasteiger partial charge on any atom is 0.206 e. The number of aliphatic imine (C=N–C) groups is 1. The fraction of sp³-hybridized carbons (Fsp3) is 0.417. The standard InChI is InChI=1S/C12H18ClFN4/c1-8(2)6-16-12(18-15)17-7-9-3-4-11(14)10(13)5-9/h3-5,8H,6-7,15H2,1-2H3,(H2,16,17,18). The van der Waals surface area contributed by atoms with Gasteiger partial charge in [0.1, 0.15) is 5.82 Å². The minimum Gasteiger partial charge on any atom is -0.355 e. The molecule has 1 aromatic rings. The number of hydrazine groups is 1. The topological polar surface area (TPSA) is 62.4 Å². The van der Waals surface area contributed by atoms with Crippen molar-refractivity contribution in [1.82, 2.24) is 10.7 Å². The summed E-state index contributed by atoms with van der Waals surface area (Å²) in [6, 6.07) is 4.52. The van der Waals surface area contributed by atoms with Crippen molar-refractivity contribution in [3.05, 3.63) is 34.6 Å². The van der Waals surface area contributed by atoms with Gasteiger partial charge < -0.3 is 5.32 Å².